The number of rotatable bonds is 6. The molecule has 1 heterocycles. The molecule has 2 rings (SSSR count). The molecule has 1 aromatic carbocycles. The van der Waals surface area contributed by atoms with Gasteiger partial charge in [-0.2, -0.15) is 0 Å². The minimum absolute atomic E-state index is 0. The number of ether oxygens (including phenoxy) is 1. The second kappa shape index (κ2) is 8.45. The van der Waals surface area contributed by atoms with Crippen molar-refractivity contribution in [3.05, 3.63) is 29.6 Å². The van der Waals surface area contributed by atoms with E-state index in [1.165, 1.54) is 12.8 Å². The van der Waals surface area contributed by atoms with Crippen LogP contribution in [0.3, 0.4) is 0 Å². The lowest BCUT2D eigenvalue weighted by Gasteiger charge is -2.24. The van der Waals surface area contributed by atoms with Crippen LogP contribution in [0, 0.1) is 5.82 Å². The number of halogens is 2. The number of benzene rings is 1. The van der Waals surface area contributed by atoms with Crippen LogP contribution in [0.1, 0.15) is 25.3 Å². The summed E-state index contributed by atoms with van der Waals surface area (Å²) >= 11 is 0. The first-order valence-corrected chi connectivity index (χ1v) is 7.04. The number of nitrogens with zero attached hydrogens (tertiary/aromatic N) is 1. The average Bonchev–Trinajstić information content (AvgIpc) is 2.81. The van der Waals surface area contributed by atoms with Gasteiger partial charge in [0.2, 0.25) is 0 Å². The number of likely N-dealkylation sites (N-methyl/N-ethyl adjacent to an activating group) is 1. The molecule has 3 nitrogen and oxygen atoms in total. The van der Waals surface area contributed by atoms with Crippen molar-refractivity contribution in [2.75, 3.05) is 26.7 Å². The van der Waals surface area contributed by atoms with Crippen LogP contribution in [0.15, 0.2) is 18.2 Å². The van der Waals surface area contributed by atoms with E-state index in [1.54, 1.807) is 12.1 Å². The summed E-state index contributed by atoms with van der Waals surface area (Å²) in [5, 5.41) is 3.23. The Morgan fingerprint density at radius 2 is 2.25 bits per heavy atom. The van der Waals surface area contributed by atoms with Gasteiger partial charge in [-0.15, -0.1) is 12.4 Å². The van der Waals surface area contributed by atoms with E-state index in [0.29, 0.717) is 18.4 Å². The highest BCUT2D eigenvalue weighted by molar-refractivity contribution is 5.85. The second-order valence-electron chi connectivity index (χ2n) is 5.02. The van der Waals surface area contributed by atoms with Crippen molar-refractivity contribution < 1.29 is 9.13 Å². The molecule has 1 N–H and O–H groups in total. The van der Waals surface area contributed by atoms with Crippen LogP contribution in [0.2, 0.25) is 0 Å². The third-order valence-corrected chi connectivity index (χ3v) is 3.62. The first kappa shape index (κ1) is 17.2. The predicted molar refractivity (Wildman–Crippen MR) is 82.2 cm³/mol. The van der Waals surface area contributed by atoms with Gasteiger partial charge in [0.05, 0.1) is 6.61 Å². The highest BCUT2D eigenvalue weighted by atomic mass is 35.5. The monoisotopic (exact) mass is 302 g/mol. The maximum absolute atomic E-state index is 13.8. The van der Waals surface area contributed by atoms with Gasteiger partial charge in [0.25, 0.3) is 0 Å². The van der Waals surface area contributed by atoms with Crippen molar-refractivity contribution in [2.45, 2.75) is 32.4 Å². The molecule has 114 valence electrons. The molecule has 0 amide bonds. The number of nitrogens with one attached hydrogen (secondary N) is 1. The molecule has 1 aliphatic rings. The smallest absolute Gasteiger partial charge is 0.165 e. The number of hydrogen-bond donors (Lipinski definition) is 1. The molecule has 1 aromatic rings. The van der Waals surface area contributed by atoms with Crippen molar-refractivity contribution in [2.24, 2.45) is 0 Å². The third-order valence-electron chi connectivity index (χ3n) is 3.62. The van der Waals surface area contributed by atoms with Crippen LogP contribution >= 0.6 is 12.4 Å². The quantitative estimate of drug-likeness (QED) is 0.874. The molecule has 1 aliphatic heterocycles. The topological polar surface area (TPSA) is 24.5 Å². The van der Waals surface area contributed by atoms with Crippen molar-refractivity contribution in [3.63, 3.8) is 0 Å². The summed E-state index contributed by atoms with van der Waals surface area (Å²) in [6.07, 6.45) is 2.45. The zero-order valence-electron chi connectivity index (χ0n) is 12.2. The summed E-state index contributed by atoms with van der Waals surface area (Å²) in [7, 11) is 1.98. The van der Waals surface area contributed by atoms with Crippen LogP contribution in [0.5, 0.6) is 5.75 Å². The Labute approximate surface area is 126 Å². The zero-order chi connectivity index (χ0) is 13.7. The molecule has 1 unspecified atom stereocenters. The van der Waals surface area contributed by atoms with Gasteiger partial charge in [-0.1, -0.05) is 6.07 Å². The number of hydrogen-bond acceptors (Lipinski definition) is 3. The molecule has 1 saturated heterocycles. The summed E-state index contributed by atoms with van der Waals surface area (Å²) in [5.74, 6) is 0.0863. The molecule has 1 fully saturated rings. The predicted octanol–water partition coefficient (Wildman–Crippen LogP) is 2.83. The van der Waals surface area contributed by atoms with Gasteiger partial charge >= 0.3 is 0 Å². The largest absolute Gasteiger partial charge is 0.491 e. The molecule has 0 saturated carbocycles. The fourth-order valence-corrected chi connectivity index (χ4v) is 2.72. The van der Waals surface area contributed by atoms with Gasteiger partial charge in [0, 0.05) is 19.1 Å². The maximum atomic E-state index is 13.8. The van der Waals surface area contributed by atoms with Crippen molar-refractivity contribution in [1.82, 2.24) is 10.2 Å². The van der Waals surface area contributed by atoms with Gasteiger partial charge < -0.3 is 10.1 Å². The molecule has 5 heteroatoms. The van der Waals surface area contributed by atoms with E-state index >= 15 is 0 Å². The second-order valence-corrected chi connectivity index (χ2v) is 5.02. The van der Waals surface area contributed by atoms with E-state index < -0.39 is 0 Å². The van der Waals surface area contributed by atoms with Gasteiger partial charge in [-0.3, -0.25) is 4.90 Å². The Hall–Kier alpha value is -0.840. The average molecular weight is 303 g/mol. The molecular weight excluding hydrogens is 279 g/mol. The first-order valence-electron chi connectivity index (χ1n) is 7.04. The highest BCUT2D eigenvalue weighted by Gasteiger charge is 2.23. The van der Waals surface area contributed by atoms with Gasteiger partial charge in [0.15, 0.2) is 11.6 Å². The SMILES string of the molecule is CCOc1ccc(CN2CCCC2CNC)cc1F.Cl. The lowest BCUT2D eigenvalue weighted by Crippen LogP contribution is -2.36. The third kappa shape index (κ3) is 4.33. The molecule has 20 heavy (non-hydrogen) atoms. The van der Waals surface area contributed by atoms with E-state index in [1.807, 2.05) is 20.0 Å². The van der Waals surface area contributed by atoms with Gasteiger partial charge in [-0.05, 0) is 51.1 Å². The molecule has 0 aliphatic carbocycles. The Kier molecular flexibility index (Phi) is 7.27. The van der Waals surface area contributed by atoms with Crippen LogP contribution in [0.4, 0.5) is 4.39 Å². The lowest BCUT2D eigenvalue weighted by atomic mass is 10.1. The summed E-state index contributed by atoms with van der Waals surface area (Å²) in [6, 6.07) is 5.86. The van der Waals surface area contributed by atoms with Crippen LogP contribution in [-0.4, -0.2) is 37.7 Å². The summed E-state index contributed by atoms with van der Waals surface area (Å²) < 4.78 is 19.0. The Balaban J connectivity index is 0.00000200. The molecular formula is C15H24ClFN2O. The minimum atomic E-state index is -0.260. The lowest BCUT2D eigenvalue weighted by molar-refractivity contribution is 0.241. The van der Waals surface area contributed by atoms with Crippen molar-refractivity contribution in [3.8, 4) is 5.75 Å². The zero-order valence-corrected chi connectivity index (χ0v) is 13.0. The summed E-state index contributed by atoms with van der Waals surface area (Å²) in [5.41, 5.74) is 1.02. The van der Waals surface area contributed by atoms with Crippen LogP contribution in [0.25, 0.3) is 0 Å². The van der Waals surface area contributed by atoms with Crippen LogP contribution < -0.4 is 10.1 Å². The molecule has 1 atom stereocenters. The molecule has 0 radical (unpaired) electrons. The van der Waals surface area contributed by atoms with Crippen molar-refractivity contribution >= 4 is 12.4 Å². The van der Waals surface area contributed by atoms with E-state index in [4.69, 9.17) is 4.74 Å². The molecule has 0 bridgehead atoms. The first-order chi connectivity index (χ1) is 9.24. The standard InChI is InChI=1S/C15H23FN2O.ClH/c1-3-19-15-7-6-12(9-14(15)16)11-18-8-4-5-13(18)10-17-2;/h6-7,9,13,17H,3-5,8,10-11H2,1-2H3;1H. The van der Waals surface area contributed by atoms with E-state index in [0.717, 1.165) is 25.2 Å². The molecule has 0 spiro atoms. The normalized spacial score (nSPS) is 18.9. The maximum Gasteiger partial charge on any atom is 0.165 e. The van der Waals surface area contributed by atoms with E-state index in [9.17, 15) is 4.39 Å². The highest BCUT2D eigenvalue weighted by Crippen LogP contribution is 2.23. The Morgan fingerprint density at radius 3 is 2.90 bits per heavy atom. The minimum Gasteiger partial charge on any atom is -0.491 e. The van der Waals surface area contributed by atoms with Gasteiger partial charge in [0.1, 0.15) is 0 Å². The van der Waals surface area contributed by atoms with Crippen LogP contribution in [-0.2, 0) is 6.54 Å². The Bertz CT molecular complexity index is 417. The summed E-state index contributed by atoms with van der Waals surface area (Å²) in [4.78, 5) is 2.42. The number of likely N-dealkylation sites (tertiary alicyclic amines) is 1. The Morgan fingerprint density at radius 1 is 1.45 bits per heavy atom. The summed E-state index contributed by atoms with van der Waals surface area (Å²) in [6.45, 7) is 5.27. The molecule has 0 aromatic heterocycles. The fraction of sp³-hybridized carbons (Fsp3) is 0.600. The van der Waals surface area contributed by atoms with E-state index in [2.05, 4.69) is 10.2 Å². The van der Waals surface area contributed by atoms with Gasteiger partial charge in [-0.25, -0.2) is 4.39 Å². The fourth-order valence-electron chi connectivity index (χ4n) is 2.72. The van der Waals surface area contributed by atoms with E-state index in [-0.39, 0.29) is 18.2 Å². The van der Waals surface area contributed by atoms with Crippen molar-refractivity contribution in [1.29, 1.82) is 0 Å².